The van der Waals surface area contributed by atoms with Gasteiger partial charge in [0.1, 0.15) is 17.2 Å². The van der Waals surface area contributed by atoms with Crippen LogP contribution in [0.1, 0.15) is 616 Å². The molecule has 118 heavy (non-hydrogen) atoms. The van der Waals surface area contributed by atoms with Gasteiger partial charge in [-0.2, -0.15) is 0 Å². The summed E-state index contributed by atoms with van der Waals surface area (Å²) in [6, 6.07) is 15.1. The van der Waals surface area contributed by atoms with Gasteiger partial charge in [0.25, 0.3) is 0 Å². The van der Waals surface area contributed by atoms with Gasteiger partial charge in [-0.15, -0.1) is 0 Å². The van der Waals surface area contributed by atoms with Crippen LogP contribution in [0.3, 0.4) is 0 Å². The molecule has 0 spiro atoms. The smallest absolute Gasteiger partial charge is 0.118 e. The molecule has 0 heterocycles. The highest BCUT2D eigenvalue weighted by Crippen LogP contribution is 2.72. The molecule has 3 rings (SSSR count). The standard InChI is InChI=1S/C115H208O3/c1-19-25-31-37-43-49-55-61-67-73-79-85-100(86-80-74-68-62-56-50-44-38-32-26-20-2)114(89-83-77-71-65-59-53-47-41-35-29-23-5,104-91-97(7)107(116)94-101(104)110(10,11)12)113(87-81-75-69-63-57-51-45-39-33-27-21-3,88-82-76-70-64-58-52-46-40-34-28-22-4)115(90-84-78-72-66-60-54-48-42-36-30-24-6,105-92-98(8)108(117)95-102(105)111(13,14)15)106-93-99(9)109(118)96-103(106)112(16,17)18/h91-96,100,116-118H,19-90H2,1-18H3. The van der Waals surface area contributed by atoms with E-state index in [2.05, 4.69) is 161 Å². The molecular weight excluding hydrogens is 1430 g/mol. The Hall–Kier alpha value is -2.94. The molecule has 0 saturated heterocycles. The predicted molar refractivity (Wildman–Crippen MR) is 529 cm³/mol. The lowest BCUT2D eigenvalue weighted by Gasteiger charge is -2.67. The van der Waals surface area contributed by atoms with Gasteiger partial charge in [0, 0.05) is 10.8 Å². The maximum absolute atomic E-state index is 12.9. The lowest BCUT2D eigenvalue weighted by molar-refractivity contribution is -0.0518. The summed E-state index contributed by atoms with van der Waals surface area (Å²) < 4.78 is 0. The van der Waals surface area contributed by atoms with Gasteiger partial charge in [0.05, 0.1) is 0 Å². The van der Waals surface area contributed by atoms with E-state index in [0.717, 1.165) is 48.8 Å². The molecule has 0 fully saturated rings. The Labute approximate surface area is 739 Å². The molecule has 0 bridgehead atoms. The largest absolute Gasteiger partial charge is 0.508 e. The van der Waals surface area contributed by atoms with E-state index in [1.807, 2.05) is 0 Å². The number of hydrogen-bond acceptors (Lipinski definition) is 3. The molecule has 0 aromatic heterocycles. The molecule has 1 atom stereocenters. The van der Waals surface area contributed by atoms with E-state index in [1.165, 1.54) is 458 Å². The Kier molecular flexibility index (Phi) is 59.9. The number of unbranched alkanes of at least 4 members (excludes halogenated alkanes) is 60. The summed E-state index contributed by atoms with van der Waals surface area (Å²) in [4.78, 5) is 0. The van der Waals surface area contributed by atoms with Crippen LogP contribution in [-0.2, 0) is 27.1 Å². The van der Waals surface area contributed by atoms with E-state index in [4.69, 9.17) is 0 Å². The number of hydrogen-bond donors (Lipinski definition) is 3. The van der Waals surface area contributed by atoms with E-state index in [1.54, 1.807) is 5.56 Å². The molecule has 3 nitrogen and oxygen atoms in total. The lowest BCUT2D eigenvalue weighted by atomic mass is 9.36. The van der Waals surface area contributed by atoms with Crippen molar-refractivity contribution in [3.63, 3.8) is 0 Å². The van der Waals surface area contributed by atoms with Crippen LogP contribution in [0.2, 0.25) is 0 Å². The third-order valence-corrected chi connectivity index (χ3v) is 29.3. The number of phenols is 3. The number of aromatic hydroxyl groups is 3. The zero-order valence-electron chi connectivity index (χ0n) is 83.3. The lowest BCUT2D eigenvalue weighted by Crippen LogP contribution is -2.63. The number of aryl methyl sites for hydroxylation is 3. The van der Waals surface area contributed by atoms with Crippen molar-refractivity contribution in [1.29, 1.82) is 0 Å². The zero-order valence-corrected chi connectivity index (χ0v) is 83.3. The summed E-state index contributed by atoms with van der Waals surface area (Å²) in [6.45, 7) is 43.6. The minimum absolute atomic E-state index is 0.282. The first-order valence-electron chi connectivity index (χ1n) is 53.4. The summed E-state index contributed by atoms with van der Waals surface area (Å²) in [5.41, 5.74) is 9.32. The molecule has 686 valence electrons. The van der Waals surface area contributed by atoms with Gasteiger partial charge < -0.3 is 15.3 Å². The second-order valence-corrected chi connectivity index (χ2v) is 42.7. The Morgan fingerprint density at radius 1 is 0.203 bits per heavy atom. The fourth-order valence-electron chi connectivity index (χ4n) is 22.1. The predicted octanol–water partition coefficient (Wildman–Crippen LogP) is 39.7. The average molecular weight is 1640 g/mol. The monoisotopic (exact) mass is 1640 g/mol. The van der Waals surface area contributed by atoms with E-state index in [-0.39, 0.29) is 21.7 Å². The summed E-state index contributed by atoms with van der Waals surface area (Å²) in [5, 5.41) is 38.7. The van der Waals surface area contributed by atoms with Gasteiger partial charge >= 0.3 is 0 Å². The van der Waals surface area contributed by atoms with Crippen molar-refractivity contribution in [3.05, 3.63) is 86.5 Å². The van der Waals surface area contributed by atoms with Gasteiger partial charge in [0.15, 0.2) is 0 Å². The van der Waals surface area contributed by atoms with E-state index >= 15 is 0 Å². The molecular formula is C115H208O3. The van der Waals surface area contributed by atoms with Crippen LogP contribution in [0.25, 0.3) is 0 Å². The van der Waals surface area contributed by atoms with Gasteiger partial charge in [0.2, 0.25) is 0 Å². The summed E-state index contributed by atoms with van der Waals surface area (Å²) in [7, 11) is 0. The Morgan fingerprint density at radius 3 is 0.602 bits per heavy atom. The van der Waals surface area contributed by atoms with Crippen molar-refractivity contribution in [1.82, 2.24) is 0 Å². The van der Waals surface area contributed by atoms with E-state index < -0.39 is 10.8 Å². The first kappa shape index (κ1) is 109. The molecule has 3 heteroatoms. The fraction of sp³-hybridized carbons (Fsp3) is 0.843. The highest BCUT2D eigenvalue weighted by atomic mass is 16.3. The van der Waals surface area contributed by atoms with Gasteiger partial charge in [-0.05, 0) is 155 Å². The van der Waals surface area contributed by atoms with Gasteiger partial charge in [-0.3, -0.25) is 0 Å². The maximum atomic E-state index is 12.9. The third-order valence-electron chi connectivity index (χ3n) is 29.3. The summed E-state index contributed by atoms with van der Waals surface area (Å²) in [6.07, 6.45) is 94.5. The van der Waals surface area contributed by atoms with Crippen LogP contribution in [0.4, 0.5) is 0 Å². The Morgan fingerprint density at radius 2 is 0.381 bits per heavy atom. The second kappa shape index (κ2) is 64.7. The molecule has 3 N–H and O–H groups in total. The van der Waals surface area contributed by atoms with Crippen LogP contribution < -0.4 is 0 Å². The minimum Gasteiger partial charge on any atom is -0.508 e. The van der Waals surface area contributed by atoms with Crippen LogP contribution in [-0.4, -0.2) is 15.3 Å². The average Bonchev–Trinajstić information content (AvgIpc) is 0.670. The van der Waals surface area contributed by atoms with Gasteiger partial charge in [-0.25, -0.2) is 0 Å². The highest BCUT2D eigenvalue weighted by Gasteiger charge is 2.67. The number of phenolic OH excluding ortho intramolecular Hbond substituents is 3. The molecule has 3 aromatic rings. The molecule has 0 amide bonds. The van der Waals surface area contributed by atoms with Crippen LogP contribution in [0.5, 0.6) is 17.2 Å². The highest BCUT2D eigenvalue weighted by molar-refractivity contribution is 5.61. The third kappa shape index (κ3) is 40.6. The Bertz CT molecular complexity index is 2760. The first-order chi connectivity index (χ1) is 56.9. The fourth-order valence-corrected chi connectivity index (χ4v) is 22.1. The van der Waals surface area contributed by atoms with Crippen LogP contribution in [0.15, 0.2) is 36.4 Å². The van der Waals surface area contributed by atoms with Crippen molar-refractivity contribution < 1.29 is 15.3 Å². The zero-order chi connectivity index (χ0) is 86.7. The molecule has 3 aromatic carbocycles. The SMILES string of the molecule is CCCCCCCCCCCCCC(CCCCCCCCCCCCC)C(CCCCCCCCCCCCC)(c1cc(C)c(O)cc1C(C)(C)C)C(CCCCCCCCCCCCC)(CCCCCCCCCCCCC)C(CCCCCCCCCCCCC)(c1cc(C)c(O)cc1C(C)(C)C)c1cc(C)c(O)cc1C(C)(C)C. The molecule has 0 aliphatic carbocycles. The molecule has 1 unspecified atom stereocenters. The van der Waals surface area contributed by atoms with Crippen molar-refractivity contribution in [3.8, 4) is 17.2 Å². The number of benzene rings is 3. The molecule has 0 aliphatic heterocycles. The molecule has 0 radical (unpaired) electrons. The van der Waals surface area contributed by atoms with E-state index in [9.17, 15) is 15.3 Å². The van der Waals surface area contributed by atoms with Crippen molar-refractivity contribution in [2.75, 3.05) is 0 Å². The molecule has 0 saturated carbocycles. The number of rotatable bonds is 78. The topological polar surface area (TPSA) is 60.7 Å². The van der Waals surface area contributed by atoms with Gasteiger partial charge in [-0.1, -0.05) is 546 Å². The van der Waals surface area contributed by atoms with Crippen LogP contribution >= 0.6 is 0 Å². The summed E-state index contributed by atoms with van der Waals surface area (Å²) in [5.74, 6) is 1.69. The summed E-state index contributed by atoms with van der Waals surface area (Å²) >= 11 is 0. The van der Waals surface area contributed by atoms with Crippen LogP contribution in [0, 0.1) is 32.1 Å². The van der Waals surface area contributed by atoms with Crippen molar-refractivity contribution in [2.24, 2.45) is 11.3 Å². The normalized spacial score (nSPS) is 13.1. The van der Waals surface area contributed by atoms with E-state index in [0.29, 0.717) is 23.2 Å². The quantitative estimate of drug-likeness (QED) is 0.0494. The Balaban J connectivity index is 3.01. The first-order valence-corrected chi connectivity index (χ1v) is 53.4. The van der Waals surface area contributed by atoms with Crippen molar-refractivity contribution in [2.45, 2.75) is 614 Å². The molecule has 0 aliphatic rings. The van der Waals surface area contributed by atoms with Crippen molar-refractivity contribution >= 4 is 0 Å². The second-order valence-electron chi connectivity index (χ2n) is 42.7. The maximum Gasteiger partial charge on any atom is 0.118 e. The minimum atomic E-state index is -0.614.